The Morgan fingerprint density at radius 3 is 2.62 bits per heavy atom. The van der Waals surface area contributed by atoms with Crippen molar-refractivity contribution in [2.24, 2.45) is 5.92 Å². The van der Waals surface area contributed by atoms with E-state index < -0.39 is 12.0 Å². The summed E-state index contributed by atoms with van der Waals surface area (Å²) in [6.07, 6.45) is -0.807. The molecule has 0 radical (unpaired) electrons. The topological polar surface area (TPSA) is 44.0 Å². The molecular formula is C10H10ClNO. The summed E-state index contributed by atoms with van der Waals surface area (Å²) in [5, 5.41) is 18.8. The number of nitrogens with zero attached hydrogens (tertiary/aromatic N) is 1. The molecule has 3 heteroatoms. The summed E-state index contributed by atoms with van der Waals surface area (Å²) < 4.78 is 0. The van der Waals surface area contributed by atoms with Gasteiger partial charge in [0.1, 0.15) is 0 Å². The smallest absolute Gasteiger partial charge is 0.0959 e. The van der Waals surface area contributed by atoms with Crippen molar-refractivity contribution in [2.45, 2.75) is 13.0 Å². The Balaban J connectivity index is 2.96. The number of aliphatic hydroxyl groups excluding tert-OH is 1. The molecule has 2 atom stereocenters. The fourth-order valence-electron chi connectivity index (χ4n) is 1.05. The van der Waals surface area contributed by atoms with E-state index in [2.05, 4.69) is 0 Å². The fraction of sp³-hybridized carbons (Fsp3) is 0.300. The maximum absolute atomic E-state index is 9.66. The molecule has 0 aliphatic carbocycles. The van der Waals surface area contributed by atoms with Crippen molar-refractivity contribution in [1.82, 2.24) is 0 Å². The summed E-state index contributed by atoms with van der Waals surface area (Å²) in [5.74, 6) is -0.445. The molecule has 2 unspecified atom stereocenters. The predicted molar refractivity (Wildman–Crippen MR) is 51.2 cm³/mol. The van der Waals surface area contributed by atoms with Crippen LogP contribution in [0.2, 0.25) is 5.02 Å². The minimum atomic E-state index is -0.807. The summed E-state index contributed by atoms with van der Waals surface area (Å²) in [5.41, 5.74) is 0.609. The van der Waals surface area contributed by atoms with E-state index in [-0.39, 0.29) is 0 Å². The van der Waals surface area contributed by atoms with Gasteiger partial charge < -0.3 is 5.11 Å². The summed E-state index contributed by atoms with van der Waals surface area (Å²) in [7, 11) is 0. The van der Waals surface area contributed by atoms with Gasteiger partial charge in [-0.3, -0.25) is 0 Å². The molecule has 1 aromatic rings. The first-order valence-electron chi connectivity index (χ1n) is 3.99. The maximum Gasteiger partial charge on any atom is 0.0959 e. The third-order valence-corrected chi connectivity index (χ3v) is 2.25. The van der Waals surface area contributed by atoms with Gasteiger partial charge >= 0.3 is 0 Å². The second-order valence-electron chi connectivity index (χ2n) is 2.88. The van der Waals surface area contributed by atoms with Crippen LogP contribution in [-0.2, 0) is 0 Å². The lowest BCUT2D eigenvalue weighted by Gasteiger charge is -2.13. The number of halogens is 1. The molecule has 0 aliphatic rings. The Labute approximate surface area is 82.4 Å². The van der Waals surface area contributed by atoms with Gasteiger partial charge in [0.2, 0.25) is 0 Å². The Hall–Kier alpha value is -1.04. The van der Waals surface area contributed by atoms with Crippen molar-refractivity contribution in [3.8, 4) is 6.07 Å². The highest BCUT2D eigenvalue weighted by Gasteiger charge is 2.17. The van der Waals surface area contributed by atoms with Gasteiger partial charge in [-0.15, -0.1) is 0 Å². The summed E-state index contributed by atoms with van der Waals surface area (Å²) in [6, 6.07) is 8.98. The lowest BCUT2D eigenvalue weighted by Crippen LogP contribution is -2.07. The quantitative estimate of drug-likeness (QED) is 0.788. The first-order valence-corrected chi connectivity index (χ1v) is 4.36. The molecule has 1 aromatic carbocycles. The van der Waals surface area contributed by atoms with Crippen molar-refractivity contribution in [3.63, 3.8) is 0 Å². The van der Waals surface area contributed by atoms with Gasteiger partial charge in [-0.2, -0.15) is 5.26 Å². The van der Waals surface area contributed by atoms with E-state index in [0.717, 1.165) is 0 Å². The molecule has 0 bridgehead atoms. The first kappa shape index (κ1) is 10.0. The normalized spacial score (nSPS) is 14.6. The molecule has 0 aliphatic heterocycles. The molecular weight excluding hydrogens is 186 g/mol. The zero-order chi connectivity index (χ0) is 9.84. The highest BCUT2D eigenvalue weighted by molar-refractivity contribution is 6.31. The maximum atomic E-state index is 9.66. The summed E-state index contributed by atoms with van der Waals surface area (Å²) >= 11 is 5.85. The van der Waals surface area contributed by atoms with Crippen LogP contribution in [0.3, 0.4) is 0 Å². The van der Waals surface area contributed by atoms with Gasteiger partial charge in [0.25, 0.3) is 0 Å². The second-order valence-corrected chi connectivity index (χ2v) is 3.29. The minimum Gasteiger partial charge on any atom is -0.387 e. The van der Waals surface area contributed by atoms with Gasteiger partial charge in [-0.25, -0.2) is 0 Å². The highest BCUT2D eigenvalue weighted by Crippen LogP contribution is 2.27. The molecule has 0 aromatic heterocycles. The second kappa shape index (κ2) is 4.27. The fourth-order valence-corrected chi connectivity index (χ4v) is 1.30. The van der Waals surface area contributed by atoms with Crippen molar-refractivity contribution in [2.75, 3.05) is 0 Å². The van der Waals surface area contributed by atoms with Crippen molar-refractivity contribution < 1.29 is 5.11 Å². The number of benzene rings is 1. The molecule has 0 spiro atoms. The van der Waals surface area contributed by atoms with E-state index in [1.54, 1.807) is 31.2 Å². The van der Waals surface area contributed by atoms with Crippen LogP contribution in [0.5, 0.6) is 0 Å². The van der Waals surface area contributed by atoms with Gasteiger partial charge in [-0.05, 0) is 13.0 Å². The van der Waals surface area contributed by atoms with Crippen LogP contribution in [0.4, 0.5) is 0 Å². The van der Waals surface area contributed by atoms with Gasteiger partial charge in [0.15, 0.2) is 0 Å². The zero-order valence-corrected chi connectivity index (χ0v) is 7.99. The summed E-state index contributed by atoms with van der Waals surface area (Å²) in [4.78, 5) is 0. The van der Waals surface area contributed by atoms with Crippen LogP contribution < -0.4 is 0 Å². The Bertz CT molecular complexity index is 332. The van der Waals surface area contributed by atoms with Crippen molar-refractivity contribution in [3.05, 3.63) is 34.9 Å². The van der Waals surface area contributed by atoms with E-state index in [9.17, 15) is 5.11 Å². The Kier molecular flexibility index (Phi) is 3.30. The van der Waals surface area contributed by atoms with Crippen LogP contribution in [0.1, 0.15) is 18.6 Å². The molecule has 1 N–H and O–H groups in total. The summed E-state index contributed by atoms with van der Waals surface area (Å²) in [6.45, 7) is 1.66. The standard InChI is InChI=1S/C10H10ClNO/c1-7(6-12)10(13)8-4-2-3-5-9(8)11/h2-5,7,10,13H,1H3. The average molecular weight is 196 g/mol. The van der Waals surface area contributed by atoms with Crippen LogP contribution in [0, 0.1) is 17.2 Å². The van der Waals surface area contributed by atoms with Crippen LogP contribution >= 0.6 is 11.6 Å². The molecule has 13 heavy (non-hydrogen) atoms. The average Bonchev–Trinajstić information content (AvgIpc) is 2.16. The minimum absolute atomic E-state index is 0.445. The largest absolute Gasteiger partial charge is 0.387 e. The van der Waals surface area contributed by atoms with Gasteiger partial charge in [0, 0.05) is 10.6 Å². The van der Waals surface area contributed by atoms with E-state index in [0.29, 0.717) is 10.6 Å². The lowest BCUT2D eigenvalue weighted by atomic mass is 9.99. The molecule has 1 rings (SSSR count). The van der Waals surface area contributed by atoms with Crippen LogP contribution in [-0.4, -0.2) is 5.11 Å². The van der Waals surface area contributed by atoms with Gasteiger partial charge in [-0.1, -0.05) is 29.8 Å². The molecule has 0 fully saturated rings. The number of rotatable bonds is 2. The van der Waals surface area contributed by atoms with Crippen LogP contribution in [0.25, 0.3) is 0 Å². The van der Waals surface area contributed by atoms with E-state index in [1.165, 1.54) is 0 Å². The lowest BCUT2D eigenvalue weighted by molar-refractivity contribution is 0.143. The SMILES string of the molecule is CC(C#N)C(O)c1ccccc1Cl. The Morgan fingerprint density at radius 2 is 2.08 bits per heavy atom. The highest BCUT2D eigenvalue weighted by atomic mass is 35.5. The van der Waals surface area contributed by atoms with E-state index in [1.807, 2.05) is 6.07 Å². The third-order valence-electron chi connectivity index (χ3n) is 1.90. The van der Waals surface area contributed by atoms with Gasteiger partial charge in [0.05, 0.1) is 18.1 Å². The molecule has 68 valence electrons. The van der Waals surface area contributed by atoms with Crippen molar-refractivity contribution in [1.29, 1.82) is 5.26 Å². The molecule has 0 saturated heterocycles. The Morgan fingerprint density at radius 1 is 1.46 bits per heavy atom. The first-order chi connectivity index (χ1) is 6.16. The number of aliphatic hydroxyl groups is 1. The number of hydrogen-bond donors (Lipinski definition) is 1. The monoisotopic (exact) mass is 195 g/mol. The van der Waals surface area contributed by atoms with E-state index >= 15 is 0 Å². The van der Waals surface area contributed by atoms with E-state index in [4.69, 9.17) is 16.9 Å². The number of nitriles is 1. The number of hydrogen-bond acceptors (Lipinski definition) is 2. The molecule has 0 heterocycles. The molecule has 0 saturated carbocycles. The zero-order valence-electron chi connectivity index (χ0n) is 7.24. The predicted octanol–water partition coefficient (Wildman–Crippen LogP) is 2.53. The molecule has 0 amide bonds. The molecule has 2 nitrogen and oxygen atoms in total. The van der Waals surface area contributed by atoms with Crippen molar-refractivity contribution >= 4 is 11.6 Å². The third kappa shape index (κ3) is 2.21. The van der Waals surface area contributed by atoms with Crippen LogP contribution in [0.15, 0.2) is 24.3 Å².